The van der Waals surface area contributed by atoms with Gasteiger partial charge in [-0.2, -0.15) is 0 Å². The molecule has 2 N–H and O–H groups in total. The molecule has 0 atom stereocenters. The molecule has 2 aliphatic rings. The average molecular weight is 559 g/mol. The van der Waals surface area contributed by atoms with Crippen molar-refractivity contribution in [1.82, 2.24) is 9.47 Å². The van der Waals surface area contributed by atoms with Gasteiger partial charge < -0.3 is 19.5 Å². The summed E-state index contributed by atoms with van der Waals surface area (Å²) in [6.07, 6.45) is 4.67. The zero-order valence-corrected chi connectivity index (χ0v) is 23.6. The molecular weight excluding hydrogens is 524 g/mol. The first-order valence-electron chi connectivity index (χ1n) is 14.8. The van der Waals surface area contributed by atoms with Gasteiger partial charge in [0.15, 0.2) is 5.78 Å². The van der Waals surface area contributed by atoms with E-state index < -0.39 is 0 Å². The van der Waals surface area contributed by atoms with E-state index in [-0.39, 0.29) is 17.3 Å². The predicted molar refractivity (Wildman–Crippen MR) is 166 cm³/mol. The molecular formula is C36H34N2O4. The first kappa shape index (κ1) is 26.4. The summed E-state index contributed by atoms with van der Waals surface area (Å²) >= 11 is 0. The molecule has 4 aromatic carbocycles. The summed E-state index contributed by atoms with van der Waals surface area (Å²) in [6.45, 7) is 4.56. The van der Waals surface area contributed by atoms with Gasteiger partial charge in [0, 0.05) is 35.7 Å². The number of fused-ring (bicyclic) bond motifs is 5. The number of aromatic hydroxyl groups is 2. The molecule has 0 bridgehead atoms. The molecule has 0 unspecified atom stereocenters. The smallest absolute Gasteiger partial charge is 0.195 e. The quantitative estimate of drug-likeness (QED) is 0.210. The number of rotatable bonds is 7. The minimum absolute atomic E-state index is 0.0535. The Morgan fingerprint density at radius 1 is 0.762 bits per heavy atom. The zero-order valence-electron chi connectivity index (χ0n) is 23.6. The fourth-order valence-electron chi connectivity index (χ4n) is 6.48. The van der Waals surface area contributed by atoms with Crippen molar-refractivity contribution >= 4 is 16.7 Å². The number of aromatic nitrogens is 1. The van der Waals surface area contributed by atoms with E-state index in [2.05, 4.69) is 27.7 Å². The van der Waals surface area contributed by atoms with E-state index in [1.807, 2.05) is 42.5 Å². The first-order valence-corrected chi connectivity index (χ1v) is 14.8. The van der Waals surface area contributed by atoms with Gasteiger partial charge in [0.1, 0.15) is 23.9 Å². The average Bonchev–Trinajstić information content (AvgIpc) is 3.35. The Morgan fingerprint density at radius 2 is 1.50 bits per heavy atom. The Morgan fingerprint density at radius 3 is 2.29 bits per heavy atom. The van der Waals surface area contributed by atoms with Crippen molar-refractivity contribution in [3.8, 4) is 39.6 Å². The Hall–Kier alpha value is -4.55. The second kappa shape index (κ2) is 11.0. The van der Waals surface area contributed by atoms with Crippen LogP contribution in [0.1, 0.15) is 40.7 Å². The Bertz CT molecular complexity index is 1760. The van der Waals surface area contributed by atoms with Crippen LogP contribution in [0, 0.1) is 0 Å². The molecule has 3 heterocycles. The maximum absolute atomic E-state index is 14.3. The van der Waals surface area contributed by atoms with E-state index >= 15 is 0 Å². The number of piperidine rings is 1. The molecule has 0 amide bonds. The van der Waals surface area contributed by atoms with Gasteiger partial charge in [-0.1, -0.05) is 30.7 Å². The molecule has 7 rings (SSSR count). The number of nitrogens with zero attached hydrogens (tertiary/aromatic N) is 2. The third kappa shape index (κ3) is 4.92. The van der Waals surface area contributed by atoms with E-state index in [1.165, 1.54) is 24.8 Å². The number of hydrogen-bond donors (Lipinski definition) is 2. The number of phenolic OH excluding ortho intramolecular Hbond substituents is 2. The molecule has 42 heavy (non-hydrogen) atoms. The number of ketones is 1. The predicted octanol–water partition coefficient (Wildman–Crippen LogP) is 7.04. The van der Waals surface area contributed by atoms with Crippen LogP contribution in [0.15, 0.2) is 84.9 Å². The maximum atomic E-state index is 14.3. The molecule has 1 aromatic heterocycles. The third-order valence-corrected chi connectivity index (χ3v) is 8.69. The topological polar surface area (TPSA) is 74.9 Å². The molecule has 1 fully saturated rings. The largest absolute Gasteiger partial charge is 0.508 e. The minimum Gasteiger partial charge on any atom is -0.508 e. The van der Waals surface area contributed by atoms with Crippen LogP contribution in [-0.2, 0) is 13.0 Å². The standard InChI is InChI=1S/C36H34N2O4/c39-28-10-6-24(7-11-28)27-5-4-25-16-19-38-33-23-29(40)12-15-31(33)34(35(38)32(25)22-27)36(41)26-8-13-30(14-9-26)42-21-20-37-17-2-1-3-18-37/h4-15,22-23,39-40H,1-3,16-21H2. The van der Waals surface area contributed by atoms with Gasteiger partial charge in [-0.05, 0) is 104 Å². The van der Waals surface area contributed by atoms with Crippen molar-refractivity contribution in [2.24, 2.45) is 0 Å². The van der Waals surface area contributed by atoms with Crippen LogP contribution >= 0.6 is 0 Å². The second-order valence-corrected chi connectivity index (χ2v) is 11.3. The highest BCUT2D eigenvalue weighted by atomic mass is 16.5. The van der Waals surface area contributed by atoms with Crippen LogP contribution in [0.25, 0.3) is 33.3 Å². The summed E-state index contributed by atoms with van der Waals surface area (Å²) in [5.41, 5.74) is 7.18. The number of likely N-dealkylation sites (tertiary alicyclic amines) is 1. The first-order chi connectivity index (χ1) is 20.5. The Labute approximate surface area is 245 Å². The van der Waals surface area contributed by atoms with Crippen molar-refractivity contribution in [3.05, 3.63) is 102 Å². The van der Waals surface area contributed by atoms with Crippen molar-refractivity contribution in [3.63, 3.8) is 0 Å². The summed E-state index contributed by atoms with van der Waals surface area (Å²) < 4.78 is 8.19. The fraction of sp³-hybridized carbons (Fsp3) is 0.250. The fourth-order valence-corrected chi connectivity index (χ4v) is 6.48. The van der Waals surface area contributed by atoms with Crippen LogP contribution in [-0.4, -0.2) is 51.7 Å². The van der Waals surface area contributed by atoms with Gasteiger partial charge >= 0.3 is 0 Å². The Balaban J connectivity index is 1.24. The number of hydrogen-bond acceptors (Lipinski definition) is 5. The van der Waals surface area contributed by atoms with E-state index in [4.69, 9.17) is 4.74 Å². The van der Waals surface area contributed by atoms with E-state index in [9.17, 15) is 15.0 Å². The molecule has 0 aliphatic carbocycles. The Kier molecular flexibility index (Phi) is 6.92. The number of aryl methyl sites for hydroxylation is 2. The molecule has 0 spiro atoms. The lowest BCUT2D eigenvalue weighted by molar-refractivity contribution is 0.104. The lowest BCUT2D eigenvalue weighted by Crippen LogP contribution is -2.33. The van der Waals surface area contributed by atoms with Crippen molar-refractivity contribution < 1.29 is 19.7 Å². The van der Waals surface area contributed by atoms with Crippen molar-refractivity contribution in [2.75, 3.05) is 26.2 Å². The summed E-state index contributed by atoms with van der Waals surface area (Å²) in [5, 5.41) is 21.0. The molecule has 0 saturated carbocycles. The summed E-state index contributed by atoms with van der Waals surface area (Å²) in [4.78, 5) is 16.7. The van der Waals surface area contributed by atoms with Crippen LogP contribution in [0.5, 0.6) is 17.2 Å². The van der Waals surface area contributed by atoms with Crippen LogP contribution in [0.3, 0.4) is 0 Å². The highest BCUT2D eigenvalue weighted by molar-refractivity contribution is 6.21. The minimum atomic E-state index is -0.0535. The highest BCUT2D eigenvalue weighted by Crippen LogP contribution is 2.42. The number of benzene rings is 4. The number of ether oxygens (including phenoxy) is 1. The monoisotopic (exact) mass is 558 g/mol. The van der Waals surface area contributed by atoms with Gasteiger partial charge in [-0.3, -0.25) is 9.69 Å². The molecule has 212 valence electrons. The number of phenols is 2. The normalized spacial score (nSPS) is 14.9. The van der Waals surface area contributed by atoms with Gasteiger partial charge in [-0.15, -0.1) is 0 Å². The molecule has 0 radical (unpaired) electrons. The van der Waals surface area contributed by atoms with E-state index in [0.717, 1.165) is 71.6 Å². The third-order valence-electron chi connectivity index (χ3n) is 8.69. The summed E-state index contributed by atoms with van der Waals surface area (Å²) in [7, 11) is 0. The van der Waals surface area contributed by atoms with E-state index in [1.54, 1.807) is 24.3 Å². The molecule has 5 aromatic rings. The highest BCUT2D eigenvalue weighted by Gasteiger charge is 2.29. The summed E-state index contributed by atoms with van der Waals surface area (Å²) in [6, 6.07) is 26.3. The maximum Gasteiger partial charge on any atom is 0.195 e. The van der Waals surface area contributed by atoms with Crippen molar-refractivity contribution in [2.45, 2.75) is 32.2 Å². The lowest BCUT2D eigenvalue weighted by atomic mass is 9.90. The molecule has 2 aliphatic heterocycles. The summed E-state index contributed by atoms with van der Waals surface area (Å²) in [5.74, 6) is 1.11. The molecule has 6 heteroatoms. The van der Waals surface area contributed by atoms with E-state index in [0.29, 0.717) is 17.7 Å². The number of carbonyl (C=O) groups is 1. The zero-order chi connectivity index (χ0) is 28.6. The molecule has 6 nitrogen and oxygen atoms in total. The van der Waals surface area contributed by atoms with Gasteiger partial charge in [-0.25, -0.2) is 0 Å². The molecule has 1 saturated heterocycles. The lowest BCUT2D eigenvalue weighted by Gasteiger charge is -2.26. The number of carbonyl (C=O) groups excluding carboxylic acids is 1. The van der Waals surface area contributed by atoms with Crippen LogP contribution in [0.4, 0.5) is 0 Å². The second-order valence-electron chi connectivity index (χ2n) is 11.3. The SMILES string of the molecule is O=C(c1ccc(OCCN2CCCCC2)cc1)c1c2n(c3cc(O)ccc13)CCc1ccc(-c3ccc(O)cc3)cc1-2. The van der Waals surface area contributed by atoms with Crippen LogP contribution < -0.4 is 4.74 Å². The van der Waals surface area contributed by atoms with Crippen LogP contribution in [0.2, 0.25) is 0 Å². The van der Waals surface area contributed by atoms with Gasteiger partial charge in [0.2, 0.25) is 0 Å². The van der Waals surface area contributed by atoms with Gasteiger partial charge in [0.05, 0.1) is 16.8 Å². The van der Waals surface area contributed by atoms with Crippen molar-refractivity contribution in [1.29, 1.82) is 0 Å². The van der Waals surface area contributed by atoms with Gasteiger partial charge in [0.25, 0.3) is 0 Å².